The fourth-order valence-corrected chi connectivity index (χ4v) is 7.96. The van der Waals surface area contributed by atoms with E-state index in [9.17, 15) is 49.5 Å². The SMILES string of the molecule is O=C(CCC(C(=O)O)N1CCN(Cc2cccc(=O)n2O)CCN(Cc2cccc(=O)n2O)CCN(Cc2cccc(=O)n2O)CC1)NCCOCCOCCOCCC(=O)Oc1c(Cl)cccc1Cl. The van der Waals surface area contributed by atoms with E-state index in [4.69, 9.17) is 42.1 Å². The Morgan fingerprint density at radius 3 is 1.40 bits per heavy atom. The summed E-state index contributed by atoms with van der Waals surface area (Å²) in [6.45, 7) is 4.18. The topological polar surface area (TPSA) is 260 Å². The predicted octanol–water partition coefficient (Wildman–Crippen LogP) is 1.71. The van der Waals surface area contributed by atoms with Gasteiger partial charge in [0, 0.05) is 103 Å². The maximum absolute atomic E-state index is 13.0. The number of halogens is 2. The molecule has 24 heteroatoms. The molecule has 3 aromatic heterocycles. The summed E-state index contributed by atoms with van der Waals surface area (Å²) in [6, 6.07) is 16.8. The van der Waals surface area contributed by atoms with E-state index in [1.54, 1.807) is 47.4 Å². The first-order valence-corrected chi connectivity index (χ1v) is 23.4. The van der Waals surface area contributed by atoms with Crippen molar-refractivity contribution in [3.05, 3.63) is 131 Å². The number of carboxylic acids is 1. The van der Waals surface area contributed by atoms with E-state index in [1.165, 1.54) is 30.3 Å². The Bertz CT molecular complexity index is 2410. The monoisotopic (exact) mass is 1020 g/mol. The Kier molecular flexibility index (Phi) is 22.6. The third-order valence-electron chi connectivity index (χ3n) is 11.3. The zero-order valence-corrected chi connectivity index (χ0v) is 40.1. The molecule has 4 heterocycles. The standard InChI is InChI=1S/C46H60Cl2N8O14/c47-37-8-4-9-38(48)45(37)70-44(61)15-25-67-27-29-69-30-28-68-26-16-49-40(57)14-13-39(46(62)63)53-23-21-51(32-35-6-2-11-42(59)55(35)65)19-17-50(31-34-5-1-10-41(58)54(34)64)18-20-52(22-24-53)33-36-7-3-12-43(60)56(36)66/h1-12,39,64-66H,13-33H2,(H,49,57)(H,62,63). The van der Waals surface area contributed by atoms with Crippen LogP contribution >= 0.6 is 23.2 Å². The van der Waals surface area contributed by atoms with Gasteiger partial charge >= 0.3 is 11.9 Å². The van der Waals surface area contributed by atoms with E-state index in [0.717, 1.165) is 0 Å². The highest BCUT2D eigenvalue weighted by Gasteiger charge is 2.28. The van der Waals surface area contributed by atoms with E-state index in [0.29, 0.717) is 57.5 Å². The number of carbonyl (C=O) groups is 3. The Balaban J connectivity index is 1.14. The van der Waals surface area contributed by atoms with E-state index in [2.05, 4.69) is 5.32 Å². The lowest BCUT2D eigenvalue weighted by Crippen LogP contribution is -2.50. The van der Waals surface area contributed by atoms with Crippen molar-refractivity contribution in [2.24, 2.45) is 0 Å². The Morgan fingerprint density at radius 2 is 0.957 bits per heavy atom. The molecule has 0 aliphatic carbocycles. The molecule has 1 fully saturated rings. The fraction of sp³-hybridized carbons (Fsp3) is 0.478. The number of nitrogens with one attached hydrogen (secondary N) is 1. The summed E-state index contributed by atoms with van der Waals surface area (Å²) in [6.07, 6.45) is -0.159. The normalized spacial score (nSPS) is 15.2. The molecular weight excluding hydrogens is 959 g/mol. The summed E-state index contributed by atoms with van der Waals surface area (Å²) in [5.74, 6) is -1.97. The number of esters is 1. The van der Waals surface area contributed by atoms with Gasteiger partial charge in [-0.25, -0.2) is 0 Å². The highest BCUT2D eigenvalue weighted by Crippen LogP contribution is 2.32. The number of hydrogen-bond acceptors (Lipinski definition) is 17. The number of aromatic nitrogens is 3. The summed E-state index contributed by atoms with van der Waals surface area (Å²) in [4.78, 5) is 82.7. The van der Waals surface area contributed by atoms with Gasteiger partial charge in [-0.2, -0.15) is 14.2 Å². The van der Waals surface area contributed by atoms with E-state index in [-0.39, 0.29) is 133 Å². The Morgan fingerprint density at radius 1 is 0.557 bits per heavy atom. The molecule has 1 amide bonds. The number of ether oxygens (including phenoxy) is 4. The van der Waals surface area contributed by atoms with Crippen molar-refractivity contribution in [2.45, 2.75) is 44.9 Å². The fourth-order valence-electron chi connectivity index (χ4n) is 7.48. The van der Waals surface area contributed by atoms with Crippen LogP contribution in [0.4, 0.5) is 0 Å². The lowest BCUT2D eigenvalue weighted by Gasteiger charge is -2.36. The molecule has 4 aromatic rings. The number of hydrogen-bond donors (Lipinski definition) is 5. The zero-order valence-electron chi connectivity index (χ0n) is 38.6. The number of pyridine rings is 3. The van der Waals surface area contributed by atoms with Crippen molar-refractivity contribution in [2.75, 3.05) is 98.5 Å². The van der Waals surface area contributed by atoms with Crippen molar-refractivity contribution in [1.29, 1.82) is 0 Å². The predicted molar refractivity (Wildman–Crippen MR) is 254 cm³/mol. The van der Waals surface area contributed by atoms with Gasteiger partial charge in [0.2, 0.25) is 5.91 Å². The minimum atomic E-state index is -1.14. The molecule has 382 valence electrons. The van der Waals surface area contributed by atoms with Crippen molar-refractivity contribution >= 4 is 41.0 Å². The van der Waals surface area contributed by atoms with Gasteiger partial charge in [0.1, 0.15) is 6.04 Å². The summed E-state index contributed by atoms with van der Waals surface area (Å²) in [5, 5.41) is 45.5. The number of para-hydroxylation sites is 1. The second-order valence-electron chi connectivity index (χ2n) is 16.2. The van der Waals surface area contributed by atoms with Crippen LogP contribution < -0.4 is 26.7 Å². The number of nitrogens with zero attached hydrogens (tertiary/aromatic N) is 7. The van der Waals surface area contributed by atoms with Gasteiger partial charge in [-0.1, -0.05) is 47.5 Å². The van der Waals surface area contributed by atoms with Crippen LogP contribution in [-0.2, 0) is 48.2 Å². The van der Waals surface area contributed by atoms with Crippen molar-refractivity contribution < 1.29 is 54.1 Å². The van der Waals surface area contributed by atoms with Gasteiger partial charge in [-0.3, -0.25) is 48.4 Å². The first kappa shape index (κ1) is 55.1. The molecule has 70 heavy (non-hydrogen) atoms. The first-order chi connectivity index (χ1) is 33.7. The minimum absolute atomic E-state index is 0.0143. The molecule has 0 spiro atoms. The summed E-state index contributed by atoms with van der Waals surface area (Å²) in [5.41, 5.74) is -0.888. The van der Waals surface area contributed by atoms with Crippen molar-refractivity contribution in [3.8, 4) is 5.75 Å². The number of aliphatic carboxylic acids is 1. The molecule has 0 bridgehead atoms. The third kappa shape index (κ3) is 17.9. The molecule has 1 aliphatic heterocycles. The number of carboxylic acid groups (broad SMARTS) is 1. The second-order valence-corrected chi connectivity index (χ2v) is 17.0. The molecule has 1 aromatic carbocycles. The highest BCUT2D eigenvalue weighted by atomic mass is 35.5. The maximum Gasteiger partial charge on any atom is 0.320 e. The number of benzene rings is 1. The molecule has 5 rings (SSSR count). The van der Waals surface area contributed by atoms with Gasteiger partial charge in [0.25, 0.3) is 16.7 Å². The second kappa shape index (κ2) is 28.7. The van der Waals surface area contributed by atoms with Crippen molar-refractivity contribution in [1.82, 2.24) is 39.1 Å². The average molecular weight is 1020 g/mol. The smallest absolute Gasteiger partial charge is 0.320 e. The molecule has 5 N–H and O–H groups in total. The van der Waals surface area contributed by atoms with E-state index in [1.807, 2.05) is 14.7 Å². The van der Waals surface area contributed by atoms with Crippen LogP contribution in [0.5, 0.6) is 5.75 Å². The van der Waals surface area contributed by atoms with Crippen LogP contribution in [0.3, 0.4) is 0 Å². The lowest BCUT2D eigenvalue weighted by atomic mass is 10.1. The largest absolute Gasteiger partial charge is 0.480 e. The molecule has 0 radical (unpaired) electrons. The number of carbonyl (C=O) groups excluding carboxylic acids is 2. The molecule has 1 saturated heterocycles. The summed E-state index contributed by atoms with van der Waals surface area (Å²) >= 11 is 12.0. The summed E-state index contributed by atoms with van der Waals surface area (Å²) < 4.78 is 23.4. The van der Waals surface area contributed by atoms with Crippen LogP contribution in [0.25, 0.3) is 0 Å². The Labute approximate surface area is 413 Å². The van der Waals surface area contributed by atoms with Gasteiger partial charge in [0.15, 0.2) is 5.75 Å². The molecule has 22 nitrogen and oxygen atoms in total. The molecule has 1 aliphatic rings. The first-order valence-electron chi connectivity index (χ1n) is 22.7. The molecular formula is C46H60Cl2N8O14. The molecule has 0 saturated carbocycles. The lowest BCUT2D eigenvalue weighted by molar-refractivity contribution is -0.144. The van der Waals surface area contributed by atoms with Crippen LogP contribution in [0.2, 0.25) is 10.0 Å². The van der Waals surface area contributed by atoms with Crippen LogP contribution in [0, 0.1) is 0 Å². The minimum Gasteiger partial charge on any atom is -0.480 e. The zero-order chi connectivity index (χ0) is 50.4. The van der Waals surface area contributed by atoms with Crippen LogP contribution in [-0.4, -0.2) is 177 Å². The quantitative estimate of drug-likeness (QED) is 0.0290. The van der Waals surface area contributed by atoms with Crippen LogP contribution in [0.1, 0.15) is 36.3 Å². The molecule has 1 unspecified atom stereocenters. The van der Waals surface area contributed by atoms with Crippen molar-refractivity contribution in [3.63, 3.8) is 0 Å². The van der Waals surface area contributed by atoms with Gasteiger partial charge in [0.05, 0.1) is 73.2 Å². The van der Waals surface area contributed by atoms with E-state index >= 15 is 0 Å². The average Bonchev–Trinajstić information content (AvgIpc) is 3.32. The van der Waals surface area contributed by atoms with Gasteiger partial charge in [-0.05, 0) is 36.8 Å². The Hall–Kier alpha value is -5.82. The van der Waals surface area contributed by atoms with E-state index < -0.39 is 34.7 Å². The van der Waals surface area contributed by atoms with Gasteiger partial charge in [-0.15, -0.1) is 0 Å². The number of rotatable bonds is 24. The third-order valence-corrected chi connectivity index (χ3v) is 11.9. The molecule has 1 atom stereocenters. The summed E-state index contributed by atoms with van der Waals surface area (Å²) in [7, 11) is 0. The van der Waals surface area contributed by atoms with Gasteiger partial charge < -0.3 is 45.0 Å². The number of amides is 1. The van der Waals surface area contributed by atoms with Crippen LogP contribution in [0.15, 0.2) is 87.2 Å². The highest BCUT2D eigenvalue weighted by molar-refractivity contribution is 6.37. The maximum atomic E-state index is 13.0.